The van der Waals surface area contributed by atoms with Gasteiger partial charge in [-0.3, -0.25) is 4.90 Å². The van der Waals surface area contributed by atoms with E-state index < -0.39 is 0 Å². The molecule has 0 saturated carbocycles. The zero-order valence-corrected chi connectivity index (χ0v) is 14.5. The number of ether oxygens (including phenoxy) is 1. The van der Waals surface area contributed by atoms with E-state index in [1.54, 1.807) is 18.4 Å². The van der Waals surface area contributed by atoms with Crippen LogP contribution in [0, 0.1) is 0 Å². The van der Waals surface area contributed by atoms with Gasteiger partial charge < -0.3 is 9.26 Å². The van der Waals surface area contributed by atoms with Crippen LogP contribution < -0.4 is 4.74 Å². The molecule has 0 aliphatic heterocycles. The number of benzene rings is 1. The predicted molar refractivity (Wildman–Crippen MR) is 93.0 cm³/mol. The molecule has 6 heteroatoms. The molecular formula is C17H17ClN2O2S. The van der Waals surface area contributed by atoms with E-state index in [1.165, 1.54) is 4.88 Å². The minimum atomic E-state index is 0.678. The second kappa shape index (κ2) is 7.17. The summed E-state index contributed by atoms with van der Waals surface area (Å²) in [6.07, 6.45) is 0. The third kappa shape index (κ3) is 3.93. The molecule has 0 aliphatic carbocycles. The van der Waals surface area contributed by atoms with Crippen molar-refractivity contribution in [1.29, 1.82) is 0 Å². The van der Waals surface area contributed by atoms with E-state index in [-0.39, 0.29) is 0 Å². The molecular weight excluding hydrogens is 332 g/mol. The summed E-state index contributed by atoms with van der Waals surface area (Å²) in [6.45, 7) is 1.50. The first kappa shape index (κ1) is 16.1. The lowest BCUT2D eigenvalue weighted by Gasteiger charge is -2.12. The van der Waals surface area contributed by atoms with Crippen molar-refractivity contribution < 1.29 is 9.26 Å². The fraction of sp³-hybridized carbons (Fsp3) is 0.235. The fourth-order valence-corrected chi connectivity index (χ4v) is 3.56. The van der Waals surface area contributed by atoms with Crippen LogP contribution in [0.4, 0.5) is 0 Å². The van der Waals surface area contributed by atoms with Crippen molar-refractivity contribution in [1.82, 2.24) is 10.1 Å². The van der Waals surface area contributed by atoms with Gasteiger partial charge in [-0.05, 0) is 31.3 Å². The summed E-state index contributed by atoms with van der Waals surface area (Å²) >= 11 is 7.56. The quantitative estimate of drug-likeness (QED) is 0.647. The standard InChI is InChI=1S/C17H17ClN2O2S/c1-20(11-13-7-8-17(18)23-13)10-12-9-15(19-22-12)14-5-3-4-6-16(14)21-2/h3-9H,10-11H2,1-2H3. The first-order chi connectivity index (χ1) is 11.2. The molecule has 0 fully saturated rings. The van der Waals surface area contributed by atoms with Crippen LogP contribution in [0.1, 0.15) is 10.6 Å². The van der Waals surface area contributed by atoms with Crippen molar-refractivity contribution in [3.63, 3.8) is 0 Å². The van der Waals surface area contributed by atoms with Gasteiger partial charge in [0.25, 0.3) is 0 Å². The maximum atomic E-state index is 5.96. The average molecular weight is 349 g/mol. The van der Waals surface area contributed by atoms with E-state index in [0.29, 0.717) is 6.54 Å². The molecule has 0 N–H and O–H groups in total. The van der Waals surface area contributed by atoms with Crippen LogP contribution in [0.5, 0.6) is 5.75 Å². The second-order valence-electron chi connectivity index (χ2n) is 5.26. The molecule has 0 amide bonds. The van der Waals surface area contributed by atoms with Crippen molar-refractivity contribution in [3.05, 3.63) is 57.4 Å². The summed E-state index contributed by atoms with van der Waals surface area (Å²) in [6, 6.07) is 13.7. The molecule has 0 aliphatic rings. The minimum Gasteiger partial charge on any atom is -0.496 e. The Bertz CT molecular complexity index is 784. The van der Waals surface area contributed by atoms with Crippen LogP contribution in [-0.2, 0) is 13.1 Å². The summed E-state index contributed by atoms with van der Waals surface area (Å²) in [5.41, 5.74) is 1.71. The first-order valence-corrected chi connectivity index (χ1v) is 8.37. The normalized spacial score (nSPS) is 11.1. The number of thiophene rings is 1. The number of halogens is 1. The van der Waals surface area contributed by atoms with Crippen LogP contribution in [0.15, 0.2) is 47.0 Å². The van der Waals surface area contributed by atoms with Gasteiger partial charge in [0.2, 0.25) is 0 Å². The van der Waals surface area contributed by atoms with E-state index in [1.807, 2.05) is 49.5 Å². The lowest BCUT2D eigenvalue weighted by molar-refractivity contribution is 0.268. The largest absolute Gasteiger partial charge is 0.496 e. The summed E-state index contributed by atoms with van der Waals surface area (Å²) in [5.74, 6) is 1.60. The van der Waals surface area contributed by atoms with Gasteiger partial charge in [-0.1, -0.05) is 28.9 Å². The molecule has 0 spiro atoms. The zero-order valence-electron chi connectivity index (χ0n) is 13.0. The molecule has 23 heavy (non-hydrogen) atoms. The van der Waals surface area contributed by atoms with Crippen molar-refractivity contribution in [2.24, 2.45) is 0 Å². The van der Waals surface area contributed by atoms with Gasteiger partial charge in [0.05, 0.1) is 18.0 Å². The fourth-order valence-electron chi connectivity index (χ4n) is 2.40. The van der Waals surface area contributed by atoms with Gasteiger partial charge in [-0.25, -0.2) is 0 Å². The zero-order chi connectivity index (χ0) is 16.2. The Morgan fingerprint density at radius 2 is 2.04 bits per heavy atom. The number of nitrogens with zero attached hydrogens (tertiary/aromatic N) is 2. The summed E-state index contributed by atoms with van der Waals surface area (Å²) in [5, 5.41) is 4.16. The monoisotopic (exact) mass is 348 g/mol. The van der Waals surface area contributed by atoms with Gasteiger partial charge in [-0.2, -0.15) is 0 Å². The van der Waals surface area contributed by atoms with Gasteiger partial charge in [-0.15, -0.1) is 11.3 Å². The highest BCUT2D eigenvalue weighted by atomic mass is 35.5. The van der Waals surface area contributed by atoms with Gasteiger partial charge in [0, 0.05) is 23.1 Å². The number of para-hydroxylation sites is 1. The van der Waals surface area contributed by atoms with Crippen LogP contribution in [-0.4, -0.2) is 24.2 Å². The lowest BCUT2D eigenvalue weighted by Crippen LogP contribution is -2.16. The van der Waals surface area contributed by atoms with Gasteiger partial charge in [0.15, 0.2) is 5.76 Å². The SMILES string of the molecule is COc1ccccc1-c1cc(CN(C)Cc2ccc(Cl)s2)on1. The molecule has 0 unspecified atom stereocenters. The third-order valence-electron chi connectivity index (χ3n) is 3.42. The average Bonchev–Trinajstić information content (AvgIpc) is 3.16. The molecule has 4 nitrogen and oxygen atoms in total. The highest BCUT2D eigenvalue weighted by molar-refractivity contribution is 7.16. The van der Waals surface area contributed by atoms with E-state index in [0.717, 1.165) is 33.6 Å². The van der Waals surface area contributed by atoms with Crippen LogP contribution >= 0.6 is 22.9 Å². The number of aromatic nitrogens is 1. The van der Waals surface area contributed by atoms with E-state index in [9.17, 15) is 0 Å². The number of hydrogen-bond acceptors (Lipinski definition) is 5. The Balaban J connectivity index is 1.69. The topological polar surface area (TPSA) is 38.5 Å². The molecule has 0 saturated heterocycles. The Kier molecular flexibility index (Phi) is 5.00. The summed E-state index contributed by atoms with van der Waals surface area (Å²) in [4.78, 5) is 3.39. The summed E-state index contributed by atoms with van der Waals surface area (Å²) in [7, 11) is 3.69. The number of rotatable bonds is 6. The van der Waals surface area contributed by atoms with Crippen LogP contribution in [0.25, 0.3) is 11.3 Å². The number of methoxy groups -OCH3 is 1. The maximum Gasteiger partial charge on any atom is 0.151 e. The van der Waals surface area contributed by atoms with Crippen LogP contribution in [0.2, 0.25) is 4.34 Å². The highest BCUT2D eigenvalue weighted by Gasteiger charge is 2.13. The molecule has 120 valence electrons. The molecule has 0 bridgehead atoms. The maximum absolute atomic E-state index is 5.96. The smallest absolute Gasteiger partial charge is 0.151 e. The van der Waals surface area contributed by atoms with Crippen molar-refractivity contribution in [3.8, 4) is 17.0 Å². The minimum absolute atomic E-state index is 0.678. The highest BCUT2D eigenvalue weighted by Crippen LogP contribution is 2.29. The Morgan fingerprint density at radius 3 is 2.78 bits per heavy atom. The molecule has 3 rings (SSSR count). The molecule has 0 atom stereocenters. The van der Waals surface area contributed by atoms with Crippen molar-refractivity contribution in [2.75, 3.05) is 14.2 Å². The molecule has 2 heterocycles. The molecule has 3 aromatic rings. The summed E-state index contributed by atoms with van der Waals surface area (Å²) < 4.78 is 11.6. The van der Waals surface area contributed by atoms with E-state index >= 15 is 0 Å². The Labute approximate surface area is 144 Å². The first-order valence-electron chi connectivity index (χ1n) is 7.17. The second-order valence-corrected chi connectivity index (χ2v) is 7.06. The molecule has 2 aromatic heterocycles. The number of hydrogen-bond donors (Lipinski definition) is 0. The van der Waals surface area contributed by atoms with Gasteiger partial charge in [0.1, 0.15) is 11.4 Å². The molecule has 1 aromatic carbocycles. The lowest BCUT2D eigenvalue weighted by atomic mass is 10.1. The molecule has 0 radical (unpaired) electrons. The van der Waals surface area contributed by atoms with Crippen molar-refractivity contribution >= 4 is 22.9 Å². The Hall–Kier alpha value is -1.82. The Morgan fingerprint density at radius 1 is 1.22 bits per heavy atom. The van der Waals surface area contributed by atoms with Crippen molar-refractivity contribution in [2.45, 2.75) is 13.1 Å². The third-order valence-corrected chi connectivity index (χ3v) is 4.64. The predicted octanol–water partition coefficient (Wildman–Crippen LogP) is 4.70. The van der Waals surface area contributed by atoms with Crippen LogP contribution in [0.3, 0.4) is 0 Å². The van der Waals surface area contributed by atoms with E-state index in [4.69, 9.17) is 20.9 Å². The van der Waals surface area contributed by atoms with E-state index in [2.05, 4.69) is 10.1 Å². The van der Waals surface area contributed by atoms with Gasteiger partial charge >= 0.3 is 0 Å².